The molecule has 138 valence electrons. The van der Waals surface area contributed by atoms with Gasteiger partial charge in [-0.1, -0.05) is 43.7 Å². The molecule has 0 saturated carbocycles. The van der Waals surface area contributed by atoms with Crippen LogP contribution in [0.4, 0.5) is 0 Å². The summed E-state index contributed by atoms with van der Waals surface area (Å²) in [5, 5.41) is 0. The summed E-state index contributed by atoms with van der Waals surface area (Å²) in [6.45, 7) is 5.88. The summed E-state index contributed by atoms with van der Waals surface area (Å²) >= 11 is 0. The molecule has 2 amide bonds. The van der Waals surface area contributed by atoms with Gasteiger partial charge in [0.2, 0.25) is 11.8 Å². The Kier molecular flexibility index (Phi) is 6.59. The van der Waals surface area contributed by atoms with Crippen molar-refractivity contribution in [1.82, 2.24) is 9.80 Å². The third-order valence-electron chi connectivity index (χ3n) is 5.17. The van der Waals surface area contributed by atoms with E-state index in [1.165, 1.54) is 0 Å². The third kappa shape index (κ3) is 4.60. The number of hydrogen-bond acceptors (Lipinski definition) is 3. The van der Waals surface area contributed by atoms with E-state index in [2.05, 4.69) is 6.92 Å². The normalized spacial score (nSPS) is 17.8. The lowest BCUT2D eigenvalue weighted by Crippen LogP contribution is -2.53. The van der Waals surface area contributed by atoms with Gasteiger partial charge in [-0.05, 0) is 31.7 Å². The van der Waals surface area contributed by atoms with E-state index in [-0.39, 0.29) is 17.7 Å². The monoisotopic (exact) mass is 345 g/mol. The zero-order valence-electron chi connectivity index (χ0n) is 15.7. The van der Waals surface area contributed by atoms with E-state index in [9.17, 15) is 9.59 Å². The molecule has 1 atom stereocenters. The van der Waals surface area contributed by atoms with Crippen LogP contribution >= 0.6 is 0 Å². The van der Waals surface area contributed by atoms with Gasteiger partial charge in [0, 0.05) is 32.6 Å². The van der Waals surface area contributed by atoms with E-state index in [0.717, 1.165) is 24.9 Å². The summed E-state index contributed by atoms with van der Waals surface area (Å²) in [6, 6.07) is 9.47. The Balaban J connectivity index is 1.93. The molecule has 1 aliphatic heterocycles. The molecule has 5 heteroatoms. The number of piperidine rings is 1. The smallest absolute Gasteiger partial charge is 0.246 e. The van der Waals surface area contributed by atoms with Crippen LogP contribution in [-0.4, -0.2) is 48.3 Å². The highest BCUT2D eigenvalue weighted by Crippen LogP contribution is 2.25. The second-order valence-electron chi connectivity index (χ2n) is 7.25. The Bertz CT molecular complexity index is 578. The average molecular weight is 345 g/mol. The van der Waals surface area contributed by atoms with Gasteiger partial charge in [0.1, 0.15) is 5.54 Å². The molecular formula is C20H31N3O2. The number of nitrogens with two attached hydrogens (primary N) is 1. The summed E-state index contributed by atoms with van der Waals surface area (Å²) in [4.78, 5) is 29.0. The van der Waals surface area contributed by atoms with Crippen LogP contribution in [0.3, 0.4) is 0 Å². The minimum Gasteiger partial charge on any atom is -0.346 e. The van der Waals surface area contributed by atoms with Crippen molar-refractivity contribution in [3.8, 4) is 0 Å². The molecule has 1 heterocycles. The van der Waals surface area contributed by atoms with Gasteiger partial charge in [-0.25, -0.2) is 0 Å². The fourth-order valence-electron chi connectivity index (χ4n) is 3.38. The predicted octanol–water partition coefficient (Wildman–Crippen LogP) is 2.36. The first-order chi connectivity index (χ1) is 11.9. The fraction of sp³-hybridized carbons (Fsp3) is 0.600. The largest absolute Gasteiger partial charge is 0.346 e. The van der Waals surface area contributed by atoms with E-state index in [1.807, 2.05) is 47.2 Å². The predicted molar refractivity (Wildman–Crippen MR) is 99.8 cm³/mol. The molecule has 1 aromatic rings. The molecule has 1 fully saturated rings. The first-order valence-electron chi connectivity index (χ1n) is 9.26. The summed E-state index contributed by atoms with van der Waals surface area (Å²) in [6.07, 6.45) is 3.54. The van der Waals surface area contributed by atoms with Gasteiger partial charge in [0.15, 0.2) is 0 Å². The summed E-state index contributed by atoms with van der Waals surface area (Å²) < 4.78 is 0. The molecule has 0 spiro atoms. The number of carbonyl (C=O) groups is 2. The first-order valence-corrected chi connectivity index (χ1v) is 9.26. The molecule has 0 aliphatic carbocycles. The van der Waals surface area contributed by atoms with E-state index in [4.69, 9.17) is 5.73 Å². The molecule has 2 N–H and O–H groups in total. The Labute approximate surface area is 151 Å². The number of unbranched alkanes of at least 4 members (excludes halogenated alkanes) is 1. The number of amides is 2. The van der Waals surface area contributed by atoms with Gasteiger partial charge in [-0.15, -0.1) is 0 Å². The molecule has 2 rings (SSSR count). The van der Waals surface area contributed by atoms with Crippen molar-refractivity contribution in [2.45, 2.75) is 45.1 Å². The first kappa shape index (κ1) is 19.4. The van der Waals surface area contributed by atoms with Gasteiger partial charge >= 0.3 is 0 Å². The maximum Gasteiger partial charge on any atom is 0.246 e. The molecule has 0 bridgehead atoms. The zero-order valence-corrected chi connectivity index (χ0v) is 15.7. The molecule has 1 aliphatic rings. The van der Waals surface area contributed by atoms with Crippen LogP contribution in [0.15, 0.2) is 30.3 Å². The minimum atomic E-state index is -1.03. The van der Waals surface area contributed by atoms with Crippen molar-refractivity contribution in [3.63, 3.8) is 0 Å². The molecule has 25 heavy (non-hydrogen) atoms. The SMILES string of the molecule is CCCCN(C)C(=O)C1CCN(C(=O)C(C)(N)c2ccccc2)CC1. The van der Waals surface area contributed by atoms with Crippen molar-refractivity contribution in [1.29, 1.82) is 0 Å². The highest BCUT2D eigenvalue weighted by atomic mass is 16.2. The Morgan fingerprint density at radius 1 is 1.24 bits per heavy atom. The van der Waals surface area contributed by atoms with Gasteiger partial charge in [-0.3, -0.25) is 9.59 Å². The fourth-order valence-corrected chi connectivity index (χ4v) is 3.38. The number of carbonyl (C=O) groups excluding carboxylic acids is 2. The second-order valence-corrected chi connectivity index (χ2v) is 7.25. The van der Waals surface area contributed by atoms with Crippen LogP contribution in [0.25, 0.3) is 0 Å². The number of hydrogen-bond donors (Lipinski definition) is 1. The van der Waals surface area contributed by atoms with Crippen LogP contribution in [0, 0.1) is 5.92 Å². The maximum absolute atomic E-state index is 12.9. The summed E-state index contributed by atoms with van der Waals surface area (Å²) in [5.41, 5.74) is 6.13. The topological polar surface area (TPSA) is 66.6 Å². The molecule has 0 aromatic heterocycles. The van der Waals surface area contributed by atoms with Gasteiger partial charge in [0.05, 0.1) is 0 Å². The minimum absolute atomic E-state index is 0.0201. The lowest BCUT2D eigenvalue weighted by Gasteiger charge is -2.37. The molecule has 1 unspecified atom stereocenters. The highest BCUT2D eigenvalue weighted by molar-refractivity contribution is 5.87. The third-order valence-corrected chi connectivity index (χ3v) is 5.17. The van der Waals surface area contributed by atoms with Crippen LogP contribution < -0.4 is 5.73 Å². The van der Waals surface area contributed by atoms with Crippen LogP contribution in [0.2, 0.25) is 0 Å². The number of likely N-dealkylation sites (tertiary alicyclic amines) is 1. The van der Waals surface area contributed by atoms with Crippen molar-refractivity contribution in [3.05, 3.63) is 35.9 Å². The van der Waals surface area contributed by atoms with Crippen molar-refractivity contribution in [2.24, 2.45) is 11.7 Å². The van der Waals surface area contributed by atoms with E-state index in [0.29, 0.717) is 25.9 Å². The van der Waals surface area contributed by atoms with E-state index >= 15 is 0 Å². The van der Waals surface area contributed by atoms with Crippen LogP contribution in [0.1, 0.15) is 45.1 Å². The lowest BCUT2D eigenvalue weighted by molar-refractivity contribution is -0.142. The Morgan fingerprint density at radius 3 is 2.40 bits per heavy atom. The number of rotatable bonds is 6. The molecule has 1 saturated heterocycles. The molecule has 0 radical (unpaired) electrons. The highest BCUT2D eigenvalue weighted by Gasteiger charge is 2.37. The van der Waals surface area contributed by atoms with Gasteiger partial charge in [0.25, 0.3) is 0 Å². The Morgan fingerprint density at radius 2 is 1.84 bits per heavy atom. The van der Waals surface area contributed by atoms with E-state index < -0.39 is 5.54 Å². The summed E-state index contributed by atoms with van der Waals surface area (Å²) in [5.74, 6) is 0.162. The maximum atomic E-state index is 12.9. The molecule has 5 nitrogen and oxygen atoms in total. The van der Waals surface area contributed by atoms with Gasteiger partial charge in [-0.2, -0.15) is 0 Å². The Hall–Kier alpha value is -1.88. The van der Waals surface area contributed by atoms with Crippen molar-refractivity contribution >= 4 is 11.8 Å². The zero-order chi connectivity index (χ0) is 18.4. The van der Waals surface area contributed by atoms with Gasteiger partial charge < -0.3 is 15.5 Å². The number of benzene rings is 1. The molecular weight excluding hydrogens is 314 g/mol. The van der Waals surface area contributed by atoms with Crippen molar-refractivity contribution in [2.75, 3.05) is 26.7 Å². The second kappa shape index (κ2) is 8.48. The van der Waals surface area contributed by atoms with Crippen molar-refractivity contribution < 1.29 is 9.59 Å². The average Bonchev–Trinajstić information content (AvgIpc) is 2.65. The van der Waals surface area contributed by atoms with E-state index in [1.54, 1.807) is 6.92 Å². The standard InChI is InChI=1S/C20H31N3O2/c1-4-5-13-22(3)18(24)16-11-14-23(15-12-16)19(25)20(2,21)17-9-7-6-8-10-17/h6-10,16H,4-5,11-15,21H2,1-3H3. The quantitative estimate of drug-likeness (QED) is 0.861. The summed E-state index contributed by atoms with van der Waals surface area (Å²) in [7, 11) is 1.88. The van der Waals surface area contributed by atoms with Crippen LogP contribution in [-0.2, 0) is 15.1 Å². The number of nitrogens with zero attached hydrogens (tertiary/aromatic N) is 2. The molecule has 1 aromatic carbocycles. The van der Waals surface area contributed by atoms with Crippen LogP contribution in [0.5, 0.6) is 0 Å². The lowest BCUT2D eigenvalue weighted by atomic mass is 9.89.